The van der Waals surface area contributed by atoms with Crippen LogP contribution in [-0.2, 0) is 6.54 Å². The van der Waals surface area contributed by atoms with E-state index >= 15 is 0 Å². The number of hydrogen-bond donors (Lipinski definition) is 2. The number of rotatable bonds is 7. The molecule has 0 radical (unpaired) electrons. The Morgan fingerprint density at radius 2 is 2.00 bits per heavy atom. The highest BCUT2D eigenvalue weighted by Crippen LogP contribution is 2.12. The number of hydrogen-bond acceptors (Lipinski definition) is 4. The summed E-state index contributed by atoms with van der Waals surface area (Å²) in [4.78, 5) is 0. The Morgan fingerprint density at radius 3 is 2.56 bits per heavy atom. The maximum Gasteiger partial charge on any atom is 0.174 e. The molecule has 2 unspecified atom stereocenters. The summed E-state index contributed by atoms with van der Waals surface area (Å²) in [6.45, 7) is 5.09. The molecule has 1 rings (SSSR count). The van der Waals surface area contributed by atoms with Gasteiger partial charge in [0.1, 0.15) is 11.8 Å². The highest BCUT2D eigenvalue weighted by atomic mass is 16.5. The van der Waals surface area contributed by atoms with Gasteiger partial charge in [-0.15, -0.1) is 0 Å². The quantitative estimate of drug-likeness (QED) is 0.770. The van der Waals surface area contributed by atoms with E-state index < -0.39 is 0 Å². The summed E-state index contributed by atoms with van der Waals surface area (Å²) in [5, 5.41) is 20.8. The van der Waals surface area contributed by atoms with E-state index in [0.29, 0.717) is 5.75 Å². The fourth-order valence-electron chi connectivity index (χ4n) is 1.46. The molecule has 0 amide bonds. The monoisotopic (exact) mass is 248 g/mol. The molecule has 0 bridgehead atoms. The molecule has 0 aliphatic carbocycles. The van der Waals surface area contributed by atoms with Crippen LogP contribution in [0.5, 0.6) is 5.75 Å². The lowest BCUT2D eigenvalue weighted by molar-refractivity contribution is 0.207. The zero-order valence-electron chi connectivity index (χ0n) is 10.9. The number of nitrogens with zero attached hydrogens (tertiary/aromatic N) is 1. The summed E-state index contributed by atoms with van der Waals surface area (Å²) in [6.07, 6.45) is 0. The first-order chi connectivity index (χ1) is 8.67. The van der Waals surface area contributed by atoms with E-state index in [0.717, 1.165) is 12.1 Å². The van der Waals surface area contributed by atoms with E-state index in [2.05, 4.69) is 12.2 Å². The van der Waals surface area contributed by atoms with Crippen LogP contribution in [0.15, 0.2) is 24.3 Å². The molecule has 4 nitrogen and oxygen atoms in total. The Morgan fingerprint density at radius 1 is 1.33 bits per heavy atom. The number of nitriles is 1. The Hall–Kier alpha value is -1.57. The summed E-state index contributed by atoms with van der Waals surface area (Å²) < 4.78 is 5.18. The van der Waals surface area contributed by atoms with Crippen molar-refractivity contribution in [3.8, 4) is 11.8 Å². The minimum atomic E-state index is 0.0721. The van der Waals surface area contributed by atoms with Crippen molar-refractivity contribution in [1.29, 1.82) is 5.26 Å². The van der Waals surface area contributed by atoms with Gasteiger partial charge in [-0.2, -0.15) is 5.26 Å². The summed E-state index contributed by atoms with van der Waals surface area (Å²) in [5.41, 5.74) is 1.15. The second-order valence-electron chi connectivity index (χ2n) is 4.42. The fourth-order valence-corrected chi connectivity index (χ4v) is 1.46. The Bertz CT molecular complexity index is 384. The van der Waals surface area contributed by atoms with Crippen LogP contribution >= 0.6 is 0 Å². The predicted molar refractivity (Wildman–Crippen MR) is 70.1 cm³/mol. The van der Waals surface area contributed by atoms with E-state index in [1.54, 1.807) is 0 Å². The van der Waals surface area contributed by atoms with Crippen LogP contribution in [0, 0.1) is 17.2 Å². The number of nitrogens with one attached hydrogen (secondary N) is 1. The van der Waals surface area contributed by atoms with Crippen molar-refractivity contribution in [1.82, 2.24) is 5.32 Å². The van der Waals surface area contributed by atoms with Gasteiger partial charge in [0, 0.05) is 19.2 Å². The molecule has 0 aliphatic heterocycles. The normalized spacial score (nSPS) is 13.7. The summed E-state index contributed by atoms with van der Waals surface area (Å²) in [7, 11) is 0. The maximum atomic E-state index is 9.04. The third-order valence-corrected chi connectivity index (χ3v) is 3.00. The van der Waals surface area contributed by atoms with E-state index in [-0.39, 0.29) is 25.2 Å². The molecule has 98 valence electrons. The average Bonchev–Trinajstić information content (AvgIpc) is 2.42. The molecule has 1 aromatic rings. The molecule has 0 heterocycles. The lowest BCUT2D eigenvalue weighted by Crippen LogP contribution is -2.33. The van der Waals surface area contributed by atoms with Crippen molar-refractivity contribution in [3.05, 3.63) is 29.8 Å². The molecule has 2 atom stereocenters. The highest BCUT2D eigenvalue weighted by Gasteiger charge is 2.09. The zero-order chi connectivity index (χ0) is 13.4. The van der Waals surface area contributed by atoms with Gasteiger partial charge in [0.25, 0.3) is 0 Å². The Kier molecular flexibility index (Phi) is 6.20. The van der Waals surface area contributed by atoms with Crippen LogP contribution in [-0.4, -0.2) is 24.4 Å². The lowest BCUT2D eigenvalue weighted by atomic mass is 10.0. The van der Waals surface area contributed by atoms with Gasteiger partial charge in [-0.25, -0.2) is 0 Å². The van der Waals surface area contributed by atoms with Gasteiger partial charge >= 0.3 is 0 Å². The molecule has 0 spiro atoms. The van der Waals surface area contributed by atoms with Gasteiger partial charge in [0.05, 0.1) is 0 Å². The Balaban J connectivity index is 2.42. The third kappa shape index (κ3) is 4.74. The first-order valence-corrected chi connectivity index (χ1v) is 6.10. The smallest absolute Gasteiger partial charge is 0.174 e. The molecular formula is C14H20N2O2. The van der Waals surface area contributed by atoms with E-state index in [1.807, 2.05) is 37.3 Å². The highest BCUT2D eigenvalue weighted by molar-refractivity contribution is 5.27. The number of aliphatic hydroxyl groups is 1. The fraction of sp³-hybridized carbons (Fsp3) is 0.500. The second-order valence-corrected chi connectivity index (χ2v) is 4.42. The molecule has 1 aromatic carbocycles. The first kappa shape index (κ1) is 14.5. The van der Waals surface area contributed by atoms with Crippen LogP contribution in [0.4, 0.5) is 0 Å². The molecular weight excluding hydrogens is 228 g/mol. The second kappa shape index (κ2) is 7.70. The molecule has 0 fully saturated rings. The number of ether oxygens (including phenoxy) is 1. The largest absolute Gasteiger partial charge is 0.479 e. The van der Waals surface area contributed by atoms with Gasteiger partial charge in [-0.05, 0) is 30.5 Å². The van der Waals surface area contributed by atoms with Gasteiger partial charge < -0.3 is 15.2 Å². The SMILES string of the molecule is CC(CO)C(C)NCc1ccc(OCC#N)cc1. The topological polar surface area (TPSA) is 65.3 Å². The molecule has 18 heavy (non-hydrogen) atoms. The zero-order valence-corrected chi connectivity index (χ0v) is 10.9. The standard InChI is InChI=1S/C14H20N2O2/c1-11(10-17)12(2)16-9-13-3-5-14(6-4-13)18-8-7-15/h3-6,11-12,16-17H,8-10H2,1-2H3. The minimum absolute atomic E-state index is 0.0721. The molecule has 0 saturated heterocycles. The van der Waals surface area contributed by atoms with Crippen molar-refractivity contribution in [2.75, 3.05) is 13.2 Å². The molecule has 2 N–H and O–H groups in total. The molecule has 0 saturated carbocycles. The third-order valence-electron chi connectivity index (χ3n) is 3.00. The maximum absolute atomic E-state index is 9.04. The van der Waals surface area contributed by atoms with Crippen molar-refractivity contribution in [2.24, 2.45) is 5.92 Å². The van der Waals surface area contributed by atoms with Gasteiger partial charge in [0.15, 0.2) is 6.61 Å². The van der Waals surface area contributed by atoms with E-state index in [9.17, 15) is 0 Å². The number of aliphatic hydroxyl groups excluding tert-OH is 1. The van der Waals surface area contributed by atoms with Gasteiger partial charge in [0.2, 0.25) is 0 Å². The first-order valence-electron chi connectivity index (χ1n) is 6.10. The molecule has 0 aliphatic rings. The minimum Gasteiger partial charge on any atom is -0.479 e. The molecule has 4 heteroatoms. The van der Waals surface area contributed by atoms with Crippen LogP contribution in [0.1, 0.15) is 19.4 Å². The van der Waals surface area contributed by atoms with Crippen LogP contribution in [0.2, 0.25) is 0 Å². The van der Waals surface area contributed by atoms with E-state index in [1.165, 1.54) is 0 Å². The van der Waals surface area contributed by atoms with Gasteiger partial charge in [-0.1, -0.05) is 19.1 Å². The van der Waals surface area contributed by atoms with Crippen molar-refractivity contribution in [3.63, 3.8) is 0 Å². The van der Waals surface area contributed by atoms with Crippen LogP contribution in [0.25, 0.3) is 0 Å². The predicted octanol–water partition coefficient (Wildman–Crippen LogP) is 1.70. The van der Waals surface area contributed by atoms with Gasteiger partial charge in [-0.3, -0.25) is 0 Å². The summed E-state index contributed by atoms with van der Waals surface area (Å²) in [5.74, 6) is 0.945. The van der Waals surface area contributed by atoms with Crippen molar-refractivity contribution >= 4 is 0 Å². The molecule has 0 aromatic heterocycles. The Labute approximate surface area is 108 Å². The summed E-state index contributed by atoms with van der Waals surface area (Å²) in [6, 6.07) is 9.85. The van der Waals surface area contributed by atoms with E-state index in [4.69, 9.17) is 15.1 Å². The summed E-state index contributed by atoms with van der Waals surface area (Å²) >= 11 is 0. The average molecular weight is 248 g/mol. The van der Waals surface area contributed by atoms with Crippen molar-refractivity contribution in [2.45, 2.75) is 26.4 Å². The van der Waals surface area contributed by atoms with Crippen molar-refractivity contribution < 1.29 is 9.84 Å². The van der Waals surface area contributed by atoms with Crippen LogP contribution < -0.4 is 10.1 Å². The number of benzene rings is 1. The van der Waals surface area contributed by atoms with Crippen LogP contribution in [0.3, 0.4) is 0 Å². The lowest BCUT2D eigenvalue weighted by Gasteiger charge is -2.19.